The van der Waals surface area contributed by atoms with Gasteiger partial charge in [0.15, 0.2) is 18.1 Å². The molecule has 0 N–H and O–H groups in total. The molecular formula is C20H18Cl2FN3O4. The van der Waals surface area contributed by atoms with E-state index in [4.69, 9.17) is 27.9 Å². The van der Waals surface area contributed by atoms with Gasteiger partial charge in [0.2, 0.25) is 0 Å². The summed E-state index contributed by atoms with van der Waals surface area (Å²) in [5.41, 5.74) is 0.521. The van der Waals surface area contributed by atoms with Crippen LogP contribution in [0, 0.1) is 5.82 Å². The van der Waals surface area contributed by atoms with E-state index in [0.717, 1.165) is 0 Å². The molecule has 1 saturated heterocycles. The summed E-state index contributed by atoms with van der Waals surface area (Å²) in [6, 6.07) is 7.20. The number of piperazine rings is 1. The number of carbonyl (C=O) groups excluding carboxylic acids is 3. The molecule has 2 heterocycles. The molecule has 1 fully saturated rings. The summed E-state index contributed by atoms with van der Waals surface area (Å²) in [5, 5.41) is 0.153. The fraction of sp³-hybridized carbons (Fsp3) is 0.300. The average molecular weight is 454 g/mol. The van der Waals surface area contributed by atoms with Crippen LogP contribution in [0.3, 0.4) is 0 Å². The van der Waals surface area contributed by atoms with Gasteiger partial charge in [-0.3, -0.25) is 9.59 Å². The van der Waals surface area contributed by atoms with E-state index >= 15 is 0 Å². The number of anilines is 1. The molecule has 1 aromatic heterocycles. The number of Topliss-reactive ketones (excluding diaryl/α,β-unsaturated/α-hetero) is 1. The minimum atomic E-state index is -0.845. The molecule has 1 amide bonds. The number of halogens is 3. The van der Waals surface area contributed by atoms with Crippen molar-refractivity contribution in [2.75, 3.05) is 37.7 Å². The van der Waals surface area contributed by atoms with Gasteiger partial charge in [-0.25, -0.2) is 14.2 Å². The van der Waals surface area contributed by atoms with E-state index in [9.17, 15) is 18.8 Å². The van der Waals surface area contributed by atoms with Gasteiger partial charge in [0.1, 0.15) is 11.0 Å². The lowest BCUT2D eigenvalue weighted by molar-refractivity contribution is -0.134. The van der Waals surface area contributed by atoms with Crippen molar-refractivity contribution in [3.05, 3.63) is 57.6 Å². The number of amides is 1. The molecule has 0 bridgehead atoms. The van der Waals surface area contributed by atoms with Gasteiger partial charge in [-0.05, 0) is 37.3 Å². The van der Waals surface area contributed by atoms with Crippen LogP contribution in [0.25, 0.3) is 0 Å². The summed E-state index contributed by atoms with van der Waals surface area (Å²) in [7, 11) is 0. The number of hydrogen-bond acceptors (Lipinski definition) is 6. The summed E-state index contributed by atoms with van der Waals surface area (Å²) in [6.07, 6.45) is 0. The maximum Gasteiger partial charge on any atom is 0.359 e. The largest absolute Gasteiger partial charge is 0.451 e. The van der Waals surface area contributed by atoms with Crippen LogP contribution in [0.1, 0.15) is 27.8 Å². The van der Waals surface area contributed by atoms with E-state index in [-0.39, 0.29) is 27.6 Å². The van der Waals surface area contributed by atoms with E-state index in [1.54, 1.807) is 17.0 Å². The predicted octanol–water partition coefficient (Wildman–Crippen LogP) is 3.24. The molecule has 0 unspecified atom stereocenters. The molecule has 0 saturated carbocycles. The molecule has 1 aliphatic rings. The second-order valence-electron chi connectivity index (χ2n) is 6.63. The van der Waals surface area contributed by atoms with Crippen LogP contribution in [0.4, 0.5) is 10.1 Å². The van der Waals surface area contributed by atoms with E-state index < -0.39 is 18.4 Å². The molecule has 7 nitrogen and oxygen atoms in total. The van der Waals surface area contributed by atoms with Crippen molar-refractivity contribution in [3.63, 3.8) is 0 Å². The quantitative estimate of drug-likeness (QED) is 0.392. The number of benzene rings is 1. The Morgan fingerprint density at radius 3 is 2.43 bits per heavy atom. The van der Waals surface area contributed by atoms with Crippen molar-refractivity contribution in [3.8, 4) is 0 Å². The SMILES string of the molecule is CC(=O)c1ccc(N2CCN(C(=O)COC(=O)c3nc(Cl)ccc3Cl)CC2)c(F)c1. The van der Waals surface area contributed by atoms with E-state index in [1.807, 2.05) is 0 Å². The van der Waals surface area contributed by atoms with Gasteiger partial charge in [-0.15, -0.1) is 0 Å². The number of ketones is 1. The topological polar surface area (TPSA) is 79.8 Å². The molecule has 0 radical (unpaired) electrons. The molecular weight excluding hydrogens is 436 g/mol. The number of esters is 1. The van der Waals surface area contributed by atoms with Crippen molar-refractivity contribution in [1.82, 2.24) is 9.88 Å². The number of nitrogens with zero attached hydrogens (tertiary/aromatic N) is 3. The lowest BCUT2D eigenvalue weighted by Gasteiger charge is -2.36. The Morgan fingerprint density at radius 1 is 1.10 bits per heavy atom. The first-order chi connectivity index (χ1) is 14.3. The van der Waals surface area contributed by atoms with Crippen molar-refractivity contribution >= 4 is 46.5 Å². The molecule has 158 valence electrons. The lowest BCUT2D eigenvalue weighted by Crippen LogP contribution is -2.50. The van der Waals surface area contributed by atoms with Gasteiger partial charge in [0.25, 0.3) is 5.91 Å². The van der Waals surface area contributed by atoms with Gasteiger partial charge >= 0.3 is 5.97 Å². The lowest BCUT2D eigenvalue weighted by atomic mass is 10.1. The maximum atomic E-state index is 14.3. The second kappa shape index (κ2) is 9.40. The number of hydrogen-bond donors (Lipinski definition) is 0. The molecule has 10 heteroatoms. The Morgan fingerprint density at radius 2 is 1.80 bits per heavy atom. The second-order valence-corrected chi connectivity index (χ2v) is 7.43. The van der Waals surface area contributed by atoms with E-state index in [1.165, 1.54) is 30.0 Å². The minimum Gasteiger partial charge on any atom is -0.451 e. The van der Waals surface area contributed by atoms with Crippen molar-refractivity contribution in [1.29, 1.82) is 0 Å². The number of aromatic nitrogens is 1. The summed E-state index contributed by atoms with van der Waals surface area (Å²) in [6.45, 7) is 2.38. The number of ether oxygens (including phenoxy) is 1. The molecule has 2 aromatic rings. The standard InChI is InChI=1S/C20H18Cl2FN3O4/c1-12(27)13-2-4-16(15(23)10-13)25-6-8-26(9-7-25)18(28)11-30-20(29)19-14(21)3-5-17(22)24-19/h2-5,10H,6-9,11H2,1H3. The summed E-state index contributed by atoms with van der Waals surface area (Å²) >= 11 is 11.6. The zero-order valence-corrected chi connectivity index (χ0v) is 17.5. The van der Waals surface area contributed by atoms with E-state index in [0.29, 0.717) is 37.4 Å². The first-order valence-corrected chi connectivity index (χ1v) is 9.84. The summed E-state index contributed by atoms with van der Waals surface area (Å²) in [5.74, 6) is -1.92. The van der Waals surface area contributed by atoms with Crippen LogP contribution in [0.2, 0.25) is 10.2 Å². The van der Waals surface area contributed by atoms with Crippen LogP contribution in [-0.2, 0) is 9.53 Å². The predicted molar refractivity (Wildman–Crippen MR) is 110 cm³/mol. The molecule has 0 aliphatic carbocycles. The summed E-state index contributed by atoms with van der Waals surface area (Å²) < 4.78 is 19.3. The number of pyridine rings is 1. The van der Waals surface area contributed by atoms with E-state index in [2.05, 4.69) is 4.98 Å². The van der Waals surface area contributed by atoms with Crippen LogP contribution in [0.15, 0.2) is 30.3 Å². The molecule has 3 rings (SSSR count). The van der Waals surface area contributed by atoms with Gasteiger partial charge in [0.05, 0.1) is 10.7 Å². The van der Waals surface area contributed by atoms with Gasteiger partial charge in [-0.1, -0.05) is 23.2 Å². The van der Waals surface area contributed by atoms with Crippen LogP contribution in [-0.4, -0.2) is 60.3 Å². The Bertz CT molecular complexity index is 994. The Hall–Kier alpha value is -2.71. The van der Waals surface area contributed by atoms with Crippen molar-refractivity contribution in [2.45, 2.75) is 6.92 Å². The molecule has 0 spiro atoms. The molecule has 30 heavy (non-hydrogen) atoms. The highest BCUT2D eigenvalue weighted by Gasteiger charge is 2.24. The third-order valence-electron chi connectivity index (χ3n) is 4.66. The summed E-state index contributed by atoms with van der Waals surface area (Å²) in [4.78, 5) is 42.9. The van der Waals surface area contributed by atoms with Crippen LogP contribution < -0.4 is 4.90 Å². The van der Waals surface area contributed by atoms with Crippen molar-refractivity contribution < 1.29 is 23.5 Å². The normalized spacial score (nSPS) is 13.9. The highest BCUT2D eigenvalue weighted by atomic mass is 35.5. The molecule has 0 atom stereocenters. The Labute approximate surface area is 182 Å². The zero-order valence-electron chi connectivity index (χ0n) is 16.0. The number of carbonyl (C=O) groups is 3. The smallest absolute Gasteiger partial charge is 0.359 e. The average Bonchev–Trinajstić information content (AvgIpc) is 2.73. The monoisotopic (exact) mass is 453 g/mol. The molecule has 1 aliphatic heterocycles. The minimum absolute atomic E-state index is 0.0725. The maximum absolute atomic E-state index is 14.3. The Kier molecular flexibility index (Phi) is 6.89. The van der Waals surface area contributed by atoms with Gasteiger partial charge in [0, 0.05) is 31.7 Å². The third-order valence-corrected chi connectivity index (χ3v) is 5.17. The van der Waals surface area contributed by atoms with Gasteiger partial charge < -0.3 is 14.5 Å². The van der Waals surface area contributed by atoms with Crippen LogP contribution in [0.5, 0.6) is 0 Å². The highest BCUT2D eigenvalue weighted by molar-refractivity contribution is 6.34. The fourth-order valence-corrected chi connectivity index (χ4v) is 3.36. The fourth-order valence-electron chi connectivity index (χ4n) is 3.03. The van der Waals surface area contributed by atoms with Crippen molar-refractivity contribution in [2.24, 2.45) is 0 Å². The Balaban J connectivity index is 1.53. The molecule has 1 aromatic carbocycles. The highest BCUT2D eigenvalue weighted by Crippen LogP contribution is 2.22. The third kappa shape index (κ3) is 5.06. The van der Waals surface area contributed by atoms with Gasteiger partial charge in [-0.2, -0.15) is 0 Å². The zero-order chi connectivity index (χ0) is 21.8. The first-order valence-electron chi connectivity index (χ1n) is 9.08. The number of rotatable bonds is 5. The first kappa shape index (κ1) is 22.0. The van der Waals surface area contributed by atoms with Crippen LogP contribution >= 0.6 is 23.2 Å².